The number of amides is 3. The number of para-hydroxylation sites is 1. The summed E-state index contributed by atoms with van der Waals surface area (Å²) in [5, 5.41) is 2.89. The first-order chi connectivity index (χ1) is 16.5. The van der Waals surface area contributed by atoms with Crippen LogP contribution in [-0.4, -0.2) is 85.0 Å². The summed E-state index contributed by atoms with van der Waals surface area (Å²) in [6.07, 6.45) is 7.47. The van der Waals surface area contributed by atoms with Crippen LogP contribution in [0.1, 0.15) is 42.5 Å². The molecule has 1 aromatic heterocycles. The topological polar surface area (TPSA) is 72.0 Å². The van der Waals surface area contributed by atoms with Crippen LogP contribution in [0, 0.1) is 0 Å². The quantitative estimate of drug-likeness (QED) is 0.627. The summed E-state index contributed by atoms with van der Waals surface area (Å²) in [5.74, 6) is 0.203. The van der Waals surface area contributed by atoms with E-state index in [-0.39, 0.29) is 11.9 Å². The standard InChI is InChI=1S/C26H36N6O2/c1-29(2)19-20-11-6-7-17-31(20)18-9-8-16-30(3)26(34)32-23-14-5-4-12-21(23)25(33)28-22-13-10-15-27-24(22)32/h4-5,10,12-15,20H,6-9,11,16-19H2,1-3H3,(H,28,33). The predicted molar refractivity (Wildman–Crippen MR) is 136 cm³/mol. The van der Waals surface area contributed by atoms with E-state index in [0.29, 0.717) is 35.3 Å². The zero-order valence-electron chi connectivity index (χ0n) is 20.5. The van der Waals surface area contributed by atoms with Crippen LogP contribution in [0.15, 0.2) is 42.6 Å². The molecule has 182 valence electrons. The van der Waals surface area contributed by atoms with Gasteiger partial charge in [0.05, 0.1) is 16.9 Å². The summed E-state index contributed by atoms with van der Waals surface area (Å²) in [6.45, 7) is 3.98. The van der Waals surface area contributed by atoms with Crippen molar-refractivity contribution in [2.24, 2.45) is 0 Å². The third kappa shape index (κ3) is 5.39. The molecule has 1 aromatic carbocycles. The van der Waals surface area contributed by atoms with Crippen molar-refractivity contribution in [2.45, 2.75) is 38.1 Å². The zero-order valence-corrected chi connectivity index (χ0v) is 20.5. The monoisotopic (exact) mass is 464 g/mol. The molecule has 3 amide bonds. The number of pyridine rings is 1. The van der Waals surface area contributed by atoms with Crippen molar-refractivity contribution in [2.75, 3.05) is 57.5 Å². The average Bonchev–Trinajstić information content (AvgIpc) is 2.95. The van der Waals surface area contributed by atoms with Crippen LogP contribution < -0.4 is 10.2 Å². The molecule has 1 saturated heterocycles. The van der Waals surface area contributed by atoms with Crippen LogP contribution in [0.2, 0.25) is 0 Å². The van der Waals surface area contributed by atoms with Gasteiger partial charge in [0, 0.05) is 32.4 Å². The van der Waals surface area contributed by atoms with Crippen LogP contribution >= 0.6 is 0 Å². The Morgan fingerprint density at radius 1 is 1.12 bits per heavy atom. The van der Waals surface area contributed by atoms with E-state index in [1.54, 1.807) is 46.3 Å². The van der Waals surface area contributed by atoms with Crippen molar-refractivity contribution in [3.8, 4) is 0 Å². The van der Waals surface area contributed by atoms with Gasteiger partial charge in [-0.3, -0.25) is 9.69 Å². The molecule has 1 atom stereocenters. The lowest BCUT2D eigenvalue weighted by Crippen LogP contribution is -2.45. The third-order valence-corrected chi connectivity index (χ3v) is 6.67. The smallest absolute Gasteiger partial charge is 0.327 e. The molecule has 0 radical (unpaired) electrons. The highest BCUT2D eigenvalue weighted by Gasteiger charge is 2.31. The molecule has 2 aliphatic heterocycles. The lowest BCUT2D eigenvalue weighted by atomic mass is 10.0. The summed E-state index contributed by atoms with van der Waals surface area (Å²) < 4.78 is 0. The number of urea groups is 1. The number of nitrogens with one attached hydrogen (secondary N) is 1. The summed E-state index contributed by atoms with van der Waals surface area (Å²) in [4.78, 5) is 39.0. The number of piperidine rings is 1. The highest BCUT2D eigenvalue weighted by Crippen LogP contribution is 2.36. The Kier molecular flexibility index (Phi) is 7.80. The van der Waals surface area contributed by atoms with Crippen LogP contribution in [0.25, 0.3) is 0 Å². The Morgan fingerprint density at radius 3 is 2.76 bits per heavy atom. The predicted octanol–water partition coefficient (Wildman–Crippen LogP) is 4.03. The first kappa shape index (κ1) is 24.2. The fraction of sp³-hybridized carbons (Fsp3) is 0.500. The number of hydrogen-bond acceptors (Lipinski definition) is 5. The van der Waals surface area contributed by atoms with Gasteiger partial charge >= 0.3 is 6.03 Å². The minimum Gasteiger partial charge on any atom is -0.327 e. The van der Waals surface area contributed by atoms with Gasteiger partial charge in [-0.1, -0.05) is 18.6 Å². The number of nitrogens with zero attached hydrogens (tertiary/aromatic N) is 5. The molecule has 1 unspecified atom stereocenters. The second kappa shape index (κ2) is 11.0. The number of likely N-dealkylation sites (tertiary alicyclic amines) is 1. The van der Waals surface area contributed by atoms with Crippen molar-refractivity contribution >= 4 is 29.1 Å². The molecule has 1 fully saturated rings. The minimum atomic E-state index is -0.239. The van der Waals surface area contributed by atoms with E-state index in [0.717, 1.165) is 25.9 Å². The van der Waals surface area contributed by atoms with Gasteiger partial charge in [-0.05, 0) is 77.1 Å². The van der Waals surface area contributed by atoms with Crippen LogP contribution in [0.5, 0.6) is 0 Å². The Morgan fingerprint density at radius 2 is 1.94 bits per heavy atom. The SMILES string of the molecule is CN(C)CC1CCCCN1CCCCN(C)C(=O)N1c2ccccc2C(=O)Nc2cccnc21. The van der Waals surface area contributed by atoms with Gasteiger partial charge in [0.25, 0.3) is 5.91 Å². The van der Waals surface area contributed by atoms with Crippen molar-refractivity contribution in [3.63, 3.8) is 0 Å². The highest BCUT2D eigenvalue weighted by molar-refractivity contribution is 6.16. The number of benzene rings is 1. The summed E-state index contributed by atoms with van der Waals surface area (Å²) >= 11 is 0. The molecule has 2 aromatic rings. The number of likely N-dealkylation sites (N-methyl/N-ethyl adjacent to an activating group) is 1. The van der Waals surface area contributed by atoms with Gasteiger partial charge in [-0.25, -0.2) is 14.7 Å². The number of anilines is 3. The van der Waals surface area contributed by atoms with Crippen molar-refractivity contribution < 1.29 is 9.59 Å². The molecule has 0 aliphatic carbocycles. The Bertz CT molecular complexity index is 1010. The lowest BCUT2D eigenvalue weighted by molar-refractivity contribution is 0.102. The van der Waals surface area contributed by atoms with Gasteiger partial charge in [0.1, 0.15) is 0 Å². The lowest BCUT2D eigenvalue weighted by Gasteiger charge is -2.37. The van der Waals surface area contributed by atoms with E-state index in [9.17, 15) is 9.59 Å². The molecule has 0 bridgehead atoms. The molecule has 1 N–H and O–H groups in total. The molecule has 3 heterocycles. The van der Waals surface area contributed by atoms with Gasteiger partial charge in [-0.15, -0.1) is 0 Å². The molecule has 0 saturated carbocycles. The minimum absolute atomic E-state index is 0.188. The maximum atomic E-state index is 13.6. The Balaban J connectivity index is 1.42. The summed E-state index contributed by atoms with van der Waals surface area (Å²) in [5.41, 5.74) is 1.54. The number of carbonyl (C=O) groups is 2. The van der Waals surface area contributed by atoms with Crippen molar-refractivity contribution in [1.82, 2.24) is 19.7 Å². The number of fused-ring (bicyclic) bond motifs is 2. The van der Waals surface area contributed by atoms with E-state index < -0.39 is 0 Å². The fourth-order valence-corrected chi connectivity index (χ4v) is 4.94. The van der Waals surface area contributed by atoms with E-state index in [2.05, 4.69) is 34.2 Å². The second-order valence-electron chi connectivity index (χ2n) is 9.54. The summed E-state index contributed by atoms with van der Waals surface area (Å²) in [7, 11) is 6.11. The molecular weight excluding hydrogens is 428 g/mol. The summed E-state index contributed by atoms with van der Waals surface area (Å²) in [6, 6.07) is 11.1. The van der Waals surface area contributed by atoms with Gasteiger partial charge < -0.3 is 15.1 Å². The first-order valence-electron chi connectivity index (χ1n) is 12.2. The number of aromatic nitrogens is 1. The fourth-order valence-electron chi connectivity index (χ4n) is 4.94. The normalized spacial score (nSPS) is 18.2. The zero-order chi connectivity index (χ0) is 24.1. The molecular formula is C26H36N6O2. The average molecular weight is 465 g/mol. The van der Waals surface area contributed by atoms with E-state index in [4.69, 9.17) is 0 Å². The number of hydrogen-bond donors (Lipinski definition) is 1. The van der Waals surface area contributed by atoms with Crippen LogP contribution in [0.4, 0.5) is 22.0 Å². The van der Waals surface area contributed by atoms with E-state index in [1.807, 2.05) is 13.1 Å². The highest BCUT2D eigenvalue weighted by atomic mass is 16.2. The maximum Gasteiger partial charge on any atom is 0.330 e. The largest absolute Gasteiger partial charge is 0.330 e. The van der Waals surface area contributed by atoms with Crippen LogP contribution in [0.3, 0.4) is 0 Å². The van der Waals surface area contributed by atoms with E-state index in [1.165, 1.54) is 25.8 Å². The molecule has 8 heteroatoms. The maximum absolute atomic E-state index is 13.6. The molecule has 0 spiro atoms. The second-order valence-corrected chi connectivity index (χ2v) is 9.54. The number of rotatable bonds is 7. The van der Waals surface area contributed by atoms with Crippen LogP contribution in [-0.2, 0) is 0 Å². The Labute approximate surface area is 202 Å². The third-order valence-electron chi connectivity index (χ3n) is 6.67. The van der Waals surface area contributed by atoms with Gasteiger partial charge in [0.2, 0.25) is 0 Å². The Hall–Kier alpha value is -2.97. The van der Waals surface area contributed by atoms with E-state index >= 15 is 0 Å². The van der Waals surface area contributed by atoms with Gasteiger partial charge in [-0.2, -0.15) is 0 Å². The van der Waals surface area contributed by atoms with Crippen molar-refractivity contribution in [3.05, 3.63) is 48.2 Å². The number of unbranched alkanes of at least 4 members (excludes halogenated alkanes) is 1. The molecule has 34 heavy (non-hydrogen) atoms. The molecule has 8 nitrogen and oxygen atoms in total. The van der Waals surface area contributed by atoms with Crippen molar-refractivity contribution in [1.29, 1.82) is 0 Å². The first-order valence-corrected chi connectivity index (χ1v) is 12.2. The van der Waals surface area contributed by atoms with Gasteiger partial charge in [0.15, 0.2) is 5.82 Å². The number of carbonyl (C=O) groups excluding carboxylic acids is 2. The molecule has 4 rings (SSSR count). The molecule has 2 aliphatic rings.